The van der Waals surface area contributed by atoms with Gasteiger partial charge in [-0.3, -0.25) is 0 Å². The SMILES string of the molecule is C=CCCCC(C#N)(C#N)Cc1ccccc1. The van der Waals surface area contributed by atoms with Crippen LogP contribution in [0.2, 0.25) is 0 Å². The number of benzene rings is 1. The summed E-state index contributed by atoms with van der Waals surface area (Å²) < 4.78 is 0. The van der Waals surface area contributed by atoms with Crippen LogP contribution in [0.4, 0.5) is 0 Å². The van der Waals surface area contributed by atoms with Crippen LogP contribution in [0, 0.1) is 28.1 Å². The van der Waals surface area contributed by atoms with Crippen molar-refractivity contribution in [3.05, 3.63) is 48.6 Å². The maximum absolute atomic E-state index is 9.24. The van der Waals surface area contributed by atoms with E-state index in [2.05, 4.69) is 18.7 Å². The molecule has 0 aromatic heterocycles. The van der Waals surface area contributed by atoms with E-state index in [-0.39, 0.29) is 0 Å². The molecule has 0 bridgehead atoms. The van der Waals surface area contributed by atoms with Gasteiger partial charge < -0.3 is 0 Å². The van der Waals surface area contributed by atoms with E-state index in [9.17, 15) is 10.5 Å². The molecule has 0 spiro atoms. The molecule has 0 amide bonds. The standard InChI is InChI=1S/C15H16N2/c1-2-3-7-10-15(12-16,13-17)11-14-8-5-4-6-9-14/h2,4-6,8-9H,1,3,7,10-11H2. The summed E-state index contributed by atoms with van der Waals surface area (Å²) in [7, 11) is 0. The average Bonchev–Trinajstić information content (AvgIpc) is 2.39. The third-order valence-corrected chi connectivity index (χ3v) is 2.79. The normalized spacial score (nSPS) is 10.2. The number of rotatable bonds is 6. The number of nitrogens with zero attached hydrogens (tertiary/aromatic N) is 2. The van der Waals surface area contributed by atoms with Crippen molar-refractivity contribution < 1.29 is 0 Å². The second-order valence-corrected chi connectivity index (χ2v) is 4.15. The van der Waals surface area contributed by atoms with Gasteiger partial charge in [-0.05, 0) is 24.8 Å². The van der Waals surface area contributed by atoms with Crippen molar-refractivity contribution in [2.24, 2.45) is 5.41 Å². The highest BCUT2D eigenvalue weighted by Crippen LogP contribution is 2.28. The van der Waals surface area contributed by atoms with Crippen LogP contribution in [0.3, 0.4) is 0 Å². The Balaban J connectivity index is 2.76. The van der Waals surface area contributed by atoms with Gasteiger partial charge in [-0.1, -0.05) is 36.4 Å². The summed E-state index contributed by atoms with van der Waals surface area (Å²) in [5, 5.41) is 18.5. The third kappa shape index (κ3) is 3.78. The molecule has 0 fully saturated rings. The Morgan fingerprint density at radius 3 is 2.35 bits per heavy atom. The molecule has 0 saturated heterocycles. The smallest absolute Gasteiger partial charge is 0.147 e. The molecule has 0 aliphatic rings. The zero-order chi connectivity index (χ0) is 12.6. The van der Waals surface area contributed by atoms with Crippen LogP contribution >= 0.6 is 0 Å². The van der Waals surface area contributed by atoms with Gasteiger partial charge in [0.05, 0.1) is 12.1 Å². The van der Waals surface area contributed by atoms with E-state index < -0.39 is 5.41 Å². The molecular formula is C15H16N2. The van der Waals surface area contributed by atoms with Gasteiger partial charge in [0.1, 0.15) is 5.41 Å². The van der Waals surface area contributed by atoms with E-state index in [0.29, 0.717) is 12.8 Å². The van der Waals surface area contributed by atoms with Gasteiger partial charge in [0.2, 0.25) is 0 Å². The zero-order valence-corrected chi connectivity index (χ0v) is 9.89. The van der Waals surface area contributed by atoms with E-state index in [1.54, 1.807) is 0 Å². The van der Waals surface area contributed by atoms with Crippen LogP contribution < -0.4 is 0 Å². The zero-order valence-electron chi connectivity index (χ0n) is 9.89. The van der Waals surface area contributed by atoms with E-state index in [4.69, 9.17) is 0 Å². The first-order chi connectivity index (χ1) is 8.26. The summed E-state index contributed by atoms with van der Waals surface area (Å²) in [4.78, 5) is 0. The highest BCUT2D eigenvalue weighted by Gasteiger charge is 2.29. The molecule has 0 N–H and O–H groups in total. The molecule has 2 heteroatoms. The molecule has 1 aromatic carbocycles. The first-order valence-electron chi connectivity index (χ1n) is 5.74. The average molecular weight is 224 g/mol. The molecule has 0 atom stereocenters. The number of hydrogen-bond donors (Lipinski definition) is 0. The summed E-state index contributed by atoms with van der Waals surface area (Å²) in [5.74, 6) is 0. The minimum Gasteiger partial charge on any atom is -0.197 e. The van der Waals surface area contributed by atoms with Crippen molar-refractivity contribution in [2.75, 3.05) is 0 Å². The molecule has 0 heterocycles. The van der Waals surface area contributed by atoms with Gasteiger partial charge in [0.15, 0.2) is 0 Å². The molecule has 0 unspecified atom stereocenters. The number of allylic oxidation sites excluding steroid dienone is 1. The van der Waals surface area contributed by atoms with Crippen LogP contribution in [0.5, 0.6) is 0 Å². The van der Waals surface area contributed by atoms with Gasteiger partial charge in [0.25, 0.3) is 0 Å². The molecule has 1 rings (SSSR count). The lowest BCUT2D eigenvalue weighted by Crippen LogP contribution is -2.19. The van der Waals surface area contributed by atoms with Crippen LogP contribution in [-0.4, -0.2) is 0 Å². The predicted octanol–water partition coefficient (Wildman–Crippen LogP) is 3.62. The fraction of sp³-hybridized carbons (Fsp3) is 0.333. The van der Waals surface area contributed by atoms with Gasteiger partial charge in [-0.25, -0.2) is 0 Å². The minimum absolute atomic E-state index is 0.498. The lowest BCUT2D eigenvalue weighted by Gasteiger charge is -2.18. The molecule has 2 nitrogen and oxygen atoms in total. The highest BCUT2D eigenvalue weighted by atomic mass is 14.4. The molecule has 0 aliphatic carbocycles. The fourth-order valence-corrected chi connectivity index (χ4v) is 1.80. The maximum Gasteiger partial charge on any atom is 0.147 e. The van der Waals surface area contributed by atoms with Crippen molar-refractivity contribution in [3.8, 4) is 12.1 Å². The Kier molecular flexibility index (Phi) is 4.98. The van der Waals surface area contributed by atoms with Crippen molar-refractivity contribution in [1.82, 2.24) is 0 Å². The topological polar surface area (TPSA) is 47.6 Å². The summed E-state index contributed by atoms with van der Waals surface area (Å²) in [6.45, 7) is 3.65. The first kappa shape index (κ1) is 13.0. The molecule has 0 aliphatic heterocycles. The first-order valence-corrected chi connectivity index (χ1v) is 5.74. The fourth-order valence-electron chi connectivity index (χ4n) is 1.80. The Hall–Kier alpha value is -2.06. The Bertz CT molecular complexity index is 420. The maximum atomic E-state index is 9.24. The second-order valence-electron chi connectivity index (χ2n) is 4.15. The monoisotopic (exact) mass is 224 g/mol. The summed E-state index contributed by atoms with van der Waals surface area (Å²) in [6.07, 6.45) is 4.60. The predicted molar refractivity (Wildman–Crippen MR) is 67.9 cm³/mol. The molecule has 1 aromatic rings. The van der Waals surface area contributed by atoms with Crippen LogP contribution in [0.1, 0.15) is 24.8 Å². The van der Waals surface area contributed by atoms with E-state index in [0.717, 1.165) is 18.4 Å². The summed E-state index contributed by atoms with van der Waals surface area (Å²) >= 11 is 0. The molecule has 0 radical (unpaired) electrons. The number of unbranched alkanes of at least 4 members (excludes halogenated alkanes) is 1. The van der Waals surface area contributed by atoms with Crippen LogP contribution in [0.15, 0.2) is 43.0 Å². The summed E-state index contributed by atoms with van der Waals surface area (Å²) in [6, 6.07) is 14.1. The van der Waals surface area contributed by atoms with Gasteiger partial charge >= 0.3 is 0 Å². The third-order valence-electron chi connectivity index (χ3n) is 2.79. The van der Waals surface area contributed by atoms with Crippen molar-refractivity contribution in [1.29, 1.82) is 10.5 Å². The summed E-state index contributed by atoms with van der Waals surface area (Å²) in [5.41, 5.74) is 0.138. The number of hydrogen-bond acceptors (Lipinski definition) is 2. The van der Waals surface area contributed by atoms with Crippen molar-refractivity contribution in [3.63, 3.8) is 0 Å². The molecular weight excluding hydrogens is 208 g/mol. The molecule has 17 heavy (non-hydrogen) atoms. The molecule has 0 saturated carbocycles. The largest absolute Gasteiger partial charge is 0.197 e. The van der Waals surface area contributed by atoms with Gasteiger partial charge in [0, 0.05) is 6.42 Å². The Morgan fingerprint density at radius 2 is 1.82 bits per heavy atom. The molecule has 86 valence electrons. The van der Waals surface area contributed by atoms with Gasteiger partial charge in [-0.2, -0.15) is 10.5 Å². The second kappa shape index (κ2) is 6.51. The van der Waals surface area contributed by atoms with E-state index >= 15 is 0 Å². The Morgan fingerprint density at radius 1 is 1.18 bits per heavy atom. The van der Waals surface area contributed by atoms with Crippen LogP contribution in [0.25, 0.3) is 0 Å². The lowest BCUT2D eigenvalue weighted by atomic mass is 9.80. The van der Waals surface area contributed by atoms with Gasteiger partial charge in [-0.15, -0.1) is 6.58 Å². The Labute approximate surface area is 103 Å². The van der Waals surface area contributed by atoms with Crippen molar-refractivity contribution in [2.45, 2.75) is 25.7 Å². The number of nitriles is 2. The van der Waals surface area contributed by atoms with Crippen molar-refractivity contribution >= 4 is 0 Å². The quantitative estimate of drug-likeness (QED) is 0.547. The van der Waals surface area contributed by atoms with E-state index in [1.165, 1.54) is 0 Å². The highest BCUT2D eigenvalue weighted by molar-refractivity contribution is 5.24. The lowest BCUT2D eigenvalue weighted by molar-refractivity contribution is 0.458. The van der Waals surface area contributed by atoms with Crippen LogP contribution in [-0.2, 0) is 6.42 Å². The minimum atomic E-state index is -0.898. The van der Waals surface area contributed by atoms with E-state index in [1.807, 2.05) is 36.4 Å².